The number of aromatic nitrogens is 1. The molecule has 8 nitrogen and oxygen atoms in total. The normalized spacial score (nSPS) is 21.3. The lowest BCUT2D eigenvalue weighted by Gasteiger charge is -2.39. The summed E-state index contributed by atoms with van der Waals surface area (Å²) in [6.45, 7) is 5.04. The molecule has 0 radical (unpaired) electrons. The molecule has 1 N–H and O–H groups in total. The summed E-state index contributed by atoms with van der Waals surface area (Å²) in [5, 5.41) is 2.37. The molecule has 0 aliphatic carbocycles. The summed E-state index contributed by atoms with van der Waals surface area (Å²) in [6, 6.07) is 20.5. The Morgan fingerprint density at radius 3 is 2.37 bits per heavy atom. The Balaban J connectivity index is 1.11. The first kappa shape index (κ1) is 24.5. The number of nitrogens with zero attached hydrogens (tertiary/aromatic N) is 4. The molecule has 3 aliphatic rings. The van der Waals surface area contributed by atoms with Crippen LogP contribution in [0.4, 0.5) is 0 Å². The molecule has 2 aromatic carbocycles. The van der Waals surface area contributed by atoms with E-state index in [2.05, 4.69) is 68.6 Å². The number of fused-ring (bicyclic) bond motifs is 1. The predicted octanol–water partition coefficient (Wildman–Crippen LogP) is 2.75. The minimum absolute atomic E-state index is 0.127. The number of benzene rings is 2. The number of carbonyl (C=O) groups excluding carboxylic acids is 3. The fraction of sp³-hybridized carbons (Fsp3) is 0.333. The first-order chi connectivity index (χ1) is 18.6. The molecule has 4 heterocycles. The van der Waals surface area contributed by atoms with Gasteiger partial charge in [0.05, 0.1) is 6.04 Å². The van der Waals surface area contributed by atoms with Crippen LogP contribution >= 0.6 is 0 Å². The maximum atomic E-state index is 13.0. The number of piperidine rings is 1. The van der Waals surface area contributed by atoms with Crippen LogP contribution in [-0.4, -0.2) is 69.6 Å². The summed E-state index contributed by atoms with van der Waals surface area (Å²) in [4.78, 5) is 47.7. The van der Waals surface area contributed by atoms with E-state index in [9.17, 15) is 14.4 Å². The summed E-state index contributed by atoms with van der Waals surface area (Å²) in [7, 11) is 0. The highest BCUT2D eigenvalue weighted by molar-refractivity contribution is 6.05. The van der Waals surface area contributed by atoms with Gasteiger partial charge in [-0.15, -0.1) is 0 Å². The van der Waals surface area contributed by atoms with E-state index in [1.165, 1.54) is 16.7 Å². The van der Waals surface area contributed by atoms with E-state index in [0.29, 0.717) is 18.5 Å². The molecule has 2 fully saturated rings. The molecule has 3 amide bonds. The number of amides is 3. The first-order valence-electron chi connectivity index (χ1n) is 13.2. The Morgan fingerprint density at radius 2 is 1.63 bits per heavy atom. The fourth-order valence-electron chi connectivity index (χ4n) is 5.96. The molecule has 2 saturated heterocycles. The van der Waals surface area contributed by atoms with Crippen molar-refractivity contribution in [2.45, 2.75) is 38.0 Å². The van der Waals surface area contributed by atoms with Crippen molar-refractivity contribution in [1.29, 1.82) is 0 Å². The lowest BCUT2D eigenvalue weighted by Crippen LogP contribution is -2.52. The standard InChI is InChI=1S/C30H31N5O3/c36-27-9-8-26(29(37)32-27)35-20-24-18-21(6-7-25(24)30(35)38)19-33-14-16-34(17-15-33)28(22-4-2-1-3-5-22)23-10-12-31-13-11-23/h1-7,10-13,18,26,28H,8-9,14-17,19-20H2,(H,32,36,37). The van der Waals surface area contributed by atoms with Gasteiger partial charge in [0.25, 0.3) is 5.91 Å². The lowest BCUT2D eigenvalue weighted by molar-refractivity contribution is -0.136. The van der Waals surface area contributed by atoms with Crippen LogP contribution in [0.25, 0.3) is 0 Å². The Bertz CT molecular complexity index is 1300. The van der Waals surface area contributed by atoms with Crippen molar-refractivity contribution < 1.29 is 14.4 Å². The smallest absolute Gasteiger partial charge is 0.255 e. The number of pyridine rings is 1. The van der Waals surface area contributed by atoms with Crippen molar-refractivity contribution in [2.24, 2.45) is 0 Å². The maximum Gasteiger partial charge on any atom is 0.255 e. The van der Waals surface area contributed by atoms with Crippen LogP contribution in [0.15, 0.2) is 73.1 Å². The van der Waals surface area contributed by atoms with Crippen LogP contribution in [0.1, 0.15) is 51.5 Å². The van der Waals surface area contributed by atoms with Crippen LogP contribution in [0.2, 0.25) is 0 Å². The van der Waals surface area contributed by atoms with Gasteiger partial charge >= 0.3 is 0 Å². The van der Waals surface area contributed by atoms with Gasteiger partial charge in [-0.1, -0.05) is 42.5 Å². The van der Waals surface area contributed by atoms with E-state index in [1.54, 1.807) is 4.90 Å². The lowest BCUT2D eigenvalue weighted by atomic mass is 9.97. The van der Waals surface area contributed by atoms with Crippen molar-refractivity contribution in [3.05, 3.63) is 101 Å². The van der Waals surface area contributed by atoms with E-state index >= 15 is 0 Å². The number of hydrogen-bond acceptors (Lipinski definition) is 6. The maximum absolute atomic E-state index is 13.0. The minimum Gasteiger partial charge on any atom is -0.322 e. The van der Waals surface area contributed by atoms with Gasteiger partial charge in [0, 0.05) is 63.6 Å². The van der Waals surface area contributed by atoms with Crippen molar-refractivity contribution >= 4 is 17.7 Å². The van der Waals surface area contributed by atoms with Crippen LogP contribution < -0.4 is 5.32 Å². The van der Waals surface area contributed by atoms with Crippen molar-refractivity contribution in [3.8, 4) is 0 Å². The van der Waals surface area contributed by atoms with Crippen LogP contribution in [-0.2, 0) is 22.7 Å². The number of rotatable bonds is 6. The van der Waals surface area contributed by atoms with Crippen LogP contribution in [0, 0.1) is 0 Å². The average Bonchev–Trinajstić information content (AvgIpc) is 3.26. The zero-order valence-corrected chi connectivity index (χ0v) is 21.3. The highest BCUT2D eigenvalue weighted by atomic mass is 16.2. The summed E-state index contributed by atoms with van der Waals surface area (Å²) in [5.74, 6) is -0.771. The average molecular weight is 510 g/mol. The molecule has 8 heteroatoms. The third-order valence-corrected chi connectivity index (χ3v) is 7.90. The SMILES string of the molecule is O=C1CCC(N2Cc3cc(CN4CCN(C(c5ccccc5)c5ccncc5)CC4)ccc3C2=O)C(=O)N1. The molecule has 0 saturated carbocycles. The van der Waals surface area contributed by atoms with Gasteiger partial charge in [0.15, 0.2) is 0 Å². The molecule has 2 unspecified atom stereocenters. The third-order valence-electron chi connectivity index (χ3n) is 7.90. The predicted molar refractivity (Wildman–Crippen MR) is 142 cm³/mol. The molecule has 0 bridgehead atoms. The monoisotopic (exact) mass is 509 g/mol. The van der Waals surface area contributed by atoms with E-state index in [0.717, 1.165) is 38.3 Å². The topological polar surface area (TPSA) is 85.9 Å². The second kappa shape index (κ2) is 10.5. The molecular formula is C30H31N5O3. The number of piperazine rings is 1. The summed E-state index contributed by atoms with van der Waals surface area (Å²) < 4.78 is 0. The second-order valence-electron chi connectivity index (χ2n) is 10.3. The van der Waals surface area contributed by atoms with E-state index in [1.807, 2.05) is 24.5 Å². The van der Waals surface area contributed by atoms with Crippen LogP contribution in [0.5, 0.6) is 0 Å². The Kier molecular flexibility index (Phi) is 6.74. The molecule has 3 aliphatic heterocycles. The Hall–Kier alpha value is -3.88. The number of carbonyl (C=O) groups is 3. The van der Waals surface area contributed by atoms with Gasteiger partial charge in [-0.3, -0.25) is 34.5 Å². The highest BCUT2D eigenvalue weighted by Crippen LogP contribution is 2.31. The highest BCUT2D eigenvalue weighted by Gasteiger charge is 2.39. The van der Waals surface area contributed by atoms with Gasteiger partial charge in [0.2, 0.25) is 11.8 Å². The molecule has 194 valence electrons. The van der Waals surface area contributed by atoms with Crippen molar-refractivity contribution in [1.82, 2.24) is 25.0 Å². The third kappa shape index (κ3) is 4.85. The van der Waals surface area contributed by atoms with Crippen LogP contribution in [0.3, 0.4) is 0 Å². The minimum atomic E-state index is -0.581. The quantitative estimate of drug-likeness (QED) is 0.515. The number of nitrogens with one attached hydrogen (secondary N) is 1. The van der Waals surface area contributed by atoms with Crippen molar-refractivity contribution in [2.75, 3.05) is 26.2 Å². The molecule has 0 spiro atoms. The largest absolute Gasteiger partial charge is 0.322 e. The van der Waals surface area contributed by atoms with Crippen molar-refractivity contribution in [3.63, 3.8) is 0 Å². The Labute approximate surface area is 222 Å². The van der Waals surface area contributed by atoms with Gasteiger partial charge in [0.1, 0.15) is 6.04 Å². The van der Waals surface area contributed by atoms with Gasteiger partial charge < -0.3 is 4.90 Å². The second-order valence-corrected chi connectivity index (χ2v) is 10.3. The molecule has 2 atom stereocenters. The Morgan fingerprint density at radius 1 is 0.895 bits per heavy atom. The summed E-state index contributed by atoms with van der Waals surface area (Å²) >= 11 is 0. The molecule has 6 rings (SSSR count). The van der Waals surface area contributed by atoms with Gasteiger partial charge in [-0.2, -0.15) is 0 Å². The van der Waals surface area contributed by atoms with Gasteiger partial charge in [-0.25, -0.2) is 0 Å². The zero-order valence-electron chi connectivity index (χ0n) is 21.3. The number of imide groups is 1. The van der Waals surface area contributed by atoms with E-state index < -0.39 is 6.04 Å². The fourth-order valence-corrected chi connectivity index (χ4v) is 5.96. The molecular weight excluding hydrogens is 478 g/mol. The first-order valence-corrected chi connectivity index (χ1v) is 13.2. The summed E-state index contributed by atoms with van der Waals surface area (Å²) in [5.41, 5.74) is 5.33. The zero-order chi connectivity index (χ0) is 26.1. The molecule has 1 aromatic heterocycles. The van der Waals surface area contributed by atoms with E-state index in [-0.39, 0.29) is 30.2 Å². The van der Waals surface area contributed by atoms with E-state index in [4.69, 9.17) is 0 Å². The number of hydrogen-bond donors (Lipinski definition) is 1. The molecule has 38 heavy (non-hydrogen) atoms. The summed E-state index contributed by atoms with van der Waals surface area (Å²) in [6.07, 6.45) is 4.37. The molecule has 3 aromatic rings. The van der Waals surface area contributed by atoms with Gasteiger partial charge in [-0.05, 0) is 46.9 Å².